The number of aliphatic carboxylic acids is 1. The van der Waals surface area contributed by atoms with E-state index >= 15 is 0 Å². The number of carboxylic acids is 1. The second kappa shape index (κ2) is 7.84. The van der Waals surface area contributed by atoms with Gasteiger partial charge in [0.1, 0.15) is 17.9 Å². The largest absolute Gasteiger partial charge is 0.481 e. The number of carbonyl (C=O) groups is 2. The van der Waals surface area contributed by atoms with Gasteiger partial charge in [-0.3, -0.25) is 9.59 Å². The Balaban J connectivity index is 1.72. The Hall–Kier alpha value is -2.79. The summed E-state index contributed by atoms with van der Waals surface area (Å²) in [7, 11) is 0. The van der Waals surface area contributed by atoms with E-state index in [1.807, 2.05) is 0 Å². The van der Waals surface area contributed by atoms with Gasteiger partial charge in [0.25, 0.3) is 0 Å². The first-order chi connectivity index (χ1) is 12.9. The van der Waals surface area contributed by atoms with Gasteiger partial charge in [0.15, 0.2) is 11.5 Å². The van der Waals surface area contributed by atoms with Crippen molar-refractivity contribution in [2.75, 3.05) is 12.3 Å². The van der Waals surface area contributed by atoms with Crippen LogP contribution in [0.1, 0.15) is 31.7 Å². The Bertz CT molecular complexity index is 840. The first kappa shape index (κ1) is 19.0. The number of carbonyl (C=O) groups excluding carboxylic acids is 1. The molecule has 1 aliphatic carbocycles. The third kappa shape index (κ3) is 3.98. The number of amides is 1. The van der Waals surface area contributed by atoms with Gasteiger partial charge in [0.05, 0.1) is 18.5 Å². The van der Waals surface area contributed by atoms with Crippen LogP contribution in [0.4, 0.5) is 5.82 Å². The van der Waals surface area contributed by atoms with E-state index in [-0.39, 0.29) is 43.5 Å². The highest BCUT2D eigenvalue weighted by atomic mass is 16.4. The van der Waals surface area contributed by atoms with E-state index in [1.165, 1.54) is 12.7 Å². The molecule has 1 fully saturated rings. The van der Waals surface area contributed by atoms with Crippen molar-refractivity contribution in [2.24, 2.45) is 5.92 Å². The van der Waals surface area contributed by atoms with Gasteiger partial charge in [-0.1, -0.05) is 0 Å². The molecule has 3 rings (SSSR count). The lowest BCUT2D eigenvalue weighted by atomic mass is 10.0. The third-order valence-electron chi connectivity index (χ3n) is 4.84. The van der Waals surface area contributed by atoms with Crippen LogP contribution < -0.4 is 11.1 Å². The maximum Gasteiger partial charge on any atom is 0.303 e. The molecule has 0 spiro atoms. The molecule has 2 heterocycles. The Morgan fingerprint density at radius 2 is 2.04 bits per heavy atom. The molecule has 0 bridgehead atoms. The van der Waals surface area contributed by atoms with Gasteiger partial charge in [0, 0.05) is 25.3 Å². The second-order valence-electron chi connectivity index (χ2n) is 6.68. The second-order valence-corrected chi connectivity index (χ2v) is 6.68. The zero-order valence-corrected chi connectivity index (χ0v) is 14.5. The molecule has 0 saturated heterocycles. The van der Waals surface area contributed by atoms with Crippen LogP contribution in [0.25, 0.3) is 11.2 Å². The van der Waals surface area contributed by atoms with Crippen molar-refractivity contribution in [1.29, 1.82) is 0 Å². The molecule has 146 valence electrons. The van der Waals surface area contributed by atoms with Crippen LogP contribution in [0.3, 0.4) is 0 Å². The quantitative estimate of drug-likeness (QED) is 0.407. The average molecular weight is 378 g/mol. The minimum atomic E-state index is -1.05. The topological polar surface area (TPSA) is 176 Å². The van der Waals surface area contributed by atoms with Crippen molar-refractivity contribution < 1.29 is 24.9 Å². The van der Waals surface area contributed by atoms with Gasteiger partial charge in [-0.25, -0.2) is 15.0 Å². The maximum absolute atomic E-state index is 11.9. The molecular formula is C16H22N6O5. The molecule has 1 aliphatic rings. The summed E-state index contributed by atoms with van der Waals surface area (Å²) in [5.74, 6) is -1.26. The molecule has 2 aromatic heterocycles. The lowest BCUT2D eigenvalue weighted by Gasteiger charge is -2.24. The number of hydrogen-bond donors (Lipinski definition) is 5. The number of aliphatic hydroxyl groups excluding tert-OH is 2. The Morgan fingerprint density at radius 1 is 1.26 bits per heavy atom. The molecule has 11 nitrogen and oxygen atoms in total. The van der Waals surface area contributed by atoms with Crippen LogP contribution in [-0.4, -0.2) is 65.5 Å². The molecule has 0 aromatic carbocycles. The number of nitrogens with one attached hydrogen (secondary N) is 1. The number of carboxylic acid groups (broad SMARTS) is 1. The van der Waals surface area contributed by atoms with E-state index in [0.29, 0.717) is 17.6 Å². The predicted octanol–water partition coefficient (Wildman–Crippen LogP) is -0.938. The number of nitrogens with zero attached hydrogens (tertiary/aromatic N) is 4. The average Bonchev–Trinajstić information content (AvgIpc) is 3.15. The summed E-state index contributed by atoms with van der Waals surface area (Å²) in [6.45, 7) is 0.227. The molecule has 6 N–H and O–H groups in total. The van der Waals surface area contributed by atoms with Crippen LogP contribution in [-0.2, 0) is 9.59 Å². The van der Waals surface area contributed by atoms with Gasteiger partial charge >= 0.3 is 5.97 Å². The third-order valence-corrected chi connectivity index (χ3v) is 4.84. The molecule has 11 heteroatoms. The molecule has 27 heavy (non-hydrogen) atoms. The molecule has 0 radical (unpaired) electrons. The summed E-state index contributed by atoms with van der Waals surface area (Å²) in [5, 5.41) is 31.9. The number of hydrogen-bond acceptors (Lipinski definition) is 8. The van der Waals surface area contributed by atoms with Gasteiger partial charge in [0.2, 0.25) is 5.91 Å². The normalized spacial score (nSPS) is 25.0. The number of anilines is 1. The van der Waals surface area contributed by atoms with Gasteiger partial charge in [-0.2, -0.15) is 0 Å². The van der Waals surface area contributed by atoms with E-state index in [2.05, 4.69) is 20.3 Å². The fraction of sp³-hybridized carbons (Fsp3) is 0.562. The smallest absolute Gasteiger partial charge is 0.303 e. The summed E-state index contributed by atoms with van der Waals surface area (Å²) >= 11 is 0. The lowest BCUT2D eigenvalue weighted by Crippen LogP contribution is -2.34. The van der Waals surface area contributed by atoms with Crippen molar-refractivity contribution in [3.63, 3.8) is 0 Å². The zero-order chi connectivity index (χ0) is 19.6. The van der Waals surface area contributed by atoms with E-state index in [0.717, 1.165) is 0 Å². The van der Waals surface area contributed by atoms with Gasteiger partial charge in [-0.15, -0.1) is 0 Å². The minimum Gasteiger partial charge on any atom is -0.481 e. The molecule has 2 aromatic rings. The lowest BCUT2D eigenvalue weighted by molar-refractivity contribution is -0.137. The summed E-state index contributed by atoms with van der Waals surface area (Å²) in [5.41, 5.74) is 6.64. The molecular weight excluding hydrogens is 356 g/mol. The molecule has 0 unspecified atom stereocenters. The Morgan fingerprint density at radius 3 is 2.78 bits per heavy atom. The fourth-order valence-electron chi connectivity index (χ4n) is 3.51. The molecule has 1 saturated carbocycles. The summed E-state index contributed by atoms with van der Waals surface area (Å²) in [4.78, 5) is 34.7. The van der Waals surface area contributed by atoms with Crippen molar-refractivity contribution in [2.45, 2.75) is 43.9 Å². The number of nitrogen functional groups attached to an aromatic ring is 1. The monoisotopic (exact) mass is 378 g/mol. The zero-order valence-electron chi connectivity index (χ0n) is 14.5. The maximum atomic E-state index is 11.9. The van der Waals surface area contributed by atoms with Crippen LogP contribution in [0.5, 0.6) is 0 Å². The van der Waals surface area contributed by atoms with Gasteiger partial charge in [-0.05, 0) is 12.8 Å². The summed E-state index contributed by atoms with van der Waals surface area (Å²) < 4.78 is 1.65. The van der Waals surface area contributed by atoms with E-state index in [9.17, 15) is 19.8 Å². The van der Waals surface area contributed by atoms with Crippen molar-refractivity contribution in [3.8, 4) is 0 Å². The van der Waals surface area contributed by atoms with E-state index in [4.69, 9.17) is 10.8 Å². The van der Waals surface area contributed by atoms with Crippen molar-refractivity contribution in [1.82, 2.24) is 24.8 Å². The minimum absolute atomic E-state index is 0.0704. The number of imidazole rings is 1. The standard InChI is InChI=1S/C16H22N6O5/c17-15-12-16(20-6-19-15)22(7-21-12)13-8(4-9(23)14(13)27)5-18-10(24)2-1-3-11(25)26/h6-9,13-14,23,27H,1-5H2,(H,18,24)(H,25,26)(H2,17,19,20)/t8-,9-,13-,14-/m1/s1. The summed E-state index contributed by atoms with van der Waals surface area (Å²) in [6, 6.07) is -0.543. The molecule has 1 amide bonds. The Labute approximate surface area is 154 Å². The highest BCUT2D eigenvalue weighted by Gasteiger charge is 2.43. The van der Waals surface area contributed by atoms with Crippen LogP contribution in [0, 0.1) is 5.92 Å². The predicted molar refractivity (Wildman–Crippen MR) is 93.4 cm³/mol. The van der Waals surface area contributed by atoms with Crippen LogP contribution >= 0.6 is 0 Å². The summed E-state index contributed by atoms with van der Waals surface area (Å²) in [6.07, 6.45) is 1.37. The first-order valence-corrected chi connectivity index (χ1v) is 8.66. The number of nitrogens with two attached hydrogens (primary N) is 1. The highest BCUT2D eigenvalue weighted by Crippen LogP contribution is 2.37. The number of fused-ring (bicyclic) bond motifs is 1. The van der Waals surface area contributed by atoms with Crippen molar-refractivity contribution in [3.05, 3.63) is 12.7 Å². The van der Waals surface area contributed by atoms with Crippen LogP contribution in [0.15, 0.2) is 12.7 Å². The number of aromatic nitrogens is 4. The van der Waals surface area contributed by atoms with Crippen molar-refractivity contribution >= 4 is 28.9 Å². The van der Waals surface area contributed by atoms with Crippen LogP contribution in [0.2, 0.25) is 0 Å². The first-order valence-electron chi connectivity index (χ1n) is 8.66. The SMILES string of the molecule is Nc1ncnc2c1ncn2[C@@H]1[C@@H](CNC(=O)CCCC(=O)O)C[C@@H](O)[C@H]1O. The fourth-order valence-corrected chi connectivity index (χ4v) is 3.51. The number of rotatable bonds is 7. The Kier molecular flexibility index (Phi) is 5.51. The van der Waals surface area contributed by atoms with Gasteiger partial charge < -0.3 is 30.9 Å². The molecule has 4 atom stereocenters. The number of aliphatic hydroxyl groups is 2. The highest BCUT2D eigenvalue weighted by molar-refractivity contribution is 5.81. The molecule has 0 aliphatic heterocycles. The van der Waals surface area contributed by atoms with E-state index < -0.39 is 24.2 Å². The van der Waals surface area contributed by atoms with E-state index in [1.54, 1.807) is 4.57 Å².